The molecule has 1 fully saturated rings. The standard InChI is InChI=1S/C14H21ClN2/c1-12-9-13(11-15)10-14(16-12)17-7-5-3-2-4-6-8-17/h9-10H,2-8,11H2,1H3. The first-order valence-corrected chi connectivity index (χ1v) is 7.11. The number of nitrogens with zero attached hydrogens (tertiary/aromatic N) is 2. The number of alkyl halides is 1. The summed E-state index contributed by atoms with van der Waals surface area (Å²) in [5, 5.41) is 0. The summed E-state index contributed by atoms with van der Waals surface area (Å²) in [6.07, 6.45) is 6.66. The highest BCUT2D eigenvalue weighted by molar-refractivity contribution is 6.17. The predicted octanol–water partition coefficient (Wildman–Crippen LogP) is 3.90. The Balaban J connectivity index is 2.15. The van der Waals surface area contributed by atoms with Crippen LogP contribution in [0, 0.1) is 6.92 Å². The van der Waals surface area contributed by atoms with Gasteiger partial charge in [0.2, 0.25) is 0 Å². The fourth-order valence-electron chi connectivity index (χ4n) is 2.44. The van der Waals surface area contributed by atoms with Crippen molar-refractivity contribution < 1.29 is 0 Å². The van der Waals surface area contributed by atoms with E-state index < -0.39 is 0 Å². The Morgan fingerprint density at radius 3 is 2.41 bits per heavy atom. The van der Waals surface area contributed by atoms with E-state index in [9.17, 15) is 0 Å². The van der Waals surface area contributed by atoms with E-state index in [4.69, 9.17) is 11.6 Å². The van der Waals surface area contributed by atoms with Gasteiger partial charge < -0.3 is 4.90 Å². The summed E-state index contributed by atoms with van der Waals surface area (Å²) >= 11 is 5.92. The smallest absolute Gasteiger partial charge is 0.129 e. The van der Waals surface area contributed by atoms with Crippen molar-refractivity contribution in [1.29, 1.82) is 0 Å². The van der Waals surface area contributed by atoms with Crippen LogP contribution in [-0.4, -0.2) is 18.1 Å². The molecule has 3 heteroatoms. The molecule has 2 heterocycles. The van der Waals surface area contributed by atoms with E-state index in [0.717, 1.165) is 24.6 Å². The summed E-state index contributed by atoms with van der Waals surface area (Å²) in [5.41, 5.74) is 2.25. The van der Waals surface area contributed by atoms with Crippen LogP contribution in [0.25, 0.3) is 0 Å². The molecule has 1 aromatic rings. The van der Waals surface area contributed by atoms with E-state index in [1.807, 2.05) is 6.92 Å². The number of hydrogen-bond donors (Lipinski definition) is 0. The van der Waals surface area contributed by atoms with E-state index in [1.54, 1.807) is 0 Å². The van der Waals surface area contributed by atoms with Gasteiger partial charge in [0.15, 0.2) is 0 Å². The molecule has 1 saturated heterocycles. The topological polar surface area (TPSA) is 16.1 Å². The Labute approximate surface area is 109 Å². The first-order valence-electron chi connectivity index (χ1n) is 6.58. The molecule has 1 aromatic heterocycles. The van der Waals surface area contributed by atoms with Crippen molar-refractivity contribution in [2.45, 2.75) is 44.9 Å². The molecule has 1 aliphatic rings. The number of pyridine rings is 1. The van der Waals surface area contributed by atoms with Gasteiger partial charge in [-0.15, -0.1) is 11.6 Å². The van der Waals surface area contributed by atoms with E-state index in [1.165, 1.54) is 37.7 Å². The SMILES string of the molecule is Cc1cc(CCl)cc(N2CCCCCCC2)n1. The zero-order chi connectivity index (χ0) is 12.1. The Morgan fingerprint density at radius 2 is 1.76 bits per heavy atom. The van der Waals surface area contributed by atoms with Gasteiger partial charge in [0.05, 0.1) is 0 Å². The van der Waals surface area contributed by atoms with Crippen LogP contribution in [0.1, 0.15) is 43.4 Å². The molecule has 0 unspecified atom stereocenters. The summed E-state index contributed by atoms with van der Waals surface area (Å²) < 4.78 is 0. The molecule has 0 saturated carbocycles. The van der Waals surface area contributed by atoms with Crippen molar-refractivity contribution in [2.24, 2.45) is 0 Å². The average molecular weight is 253 g/mol. The fourth-order valence-corrected chi connectivity index (χ4v) is 2.59. The Hall–Kier alpha value is -0.760. The highest BCUT2D eigenvalue weighted by Crippen LogP contribution is 2.20. The van der Waals surface area contributed by atoms with Gasteiger partial charge in [0.25, 0.3) is 0 Å². The molecule has 0 N–H and O–H groups in total. The van der Waals surface area contributed by atoms with Crippen molar-refractivity contribution >= 4 is 17.4 Å². The number of halogens is 1. The molecule has 0 bridgehead atoms. The number of anilines is 1. The highest BCUT2D eigenvalue weighted by Gasteiger charge is 2.11. The number of aryl methyl sites for hydroxylation is 1. The van der Waals surface area contributed by atoms with E-state index >= 15 is 0 Å². The van der Waals surface area contributed by atoms with Gasteiger partial charge in [-0.3, -0.25) is 0 Å². The monoisotopic (exact) mass is 252 g/mol. The van der Waals surface area contributed by atoms with Crippen molar-refractivity contribution in [1.82, 2.24) is 4.98 Å². The van der Waals surface area contributed by atoms with Crippen LogP contribution in [0.3, 0.4) is 0 Å². The largest absolute Gasteiger partial charge is 0.357 e. The van der Waals surface area contributed by atoms with Crippen molar-refractivity contribution in [2.75, 3.05) is 18.0 Å². The molecule has 0 atom stereocenters. The normalized spacial score (nSPS) is 17.6. The first kappa shape index (κ1) is 12.7. The third-order valence-corrected chi connectivity index (χ3v) is 3.64. The second kappa shape index (κ2) is 6.25. The second-order valence-electron chi connectivity index (χ2n) is 4.86. The highest BCUT2D eigenvalue weighted by atomic mass is 35.5. The van der Waals surface area contributed by atoms with E-state index in [-0.39, 0.29) is 0 Å². The summed E-state index contributed by atoms with van der Waals surface area (Å²) in [7, 11) is 0. The quantitative estimate of drug-likeness (QED) is 0.743. The van der Waals surface area contributed by atoms with Crippen LogP contribution in [0.15, 0.2) is 12.1 Å². The van der Waals surface area contributed by atoms with Gasteiger partial charge in [0, 0.05) is 24.7 Å². The molecular weight excluding hydrogens is 232 g/mol. The number of hydrogen-bond acceptors (Lipinski definition) is 2. The number of rotatable bonds is 2. The minimum atomic E-state index is 0.574. The molecule has 2 nitrogen and oxygen atoms in total. The molecule has 0 radical (unpaired) electrons. The Bertz CT molecular complexity index is 357. The van der Waals surface area contributed by atoms with Gasteiger partial charge in [-0.1, -0.05) is 19.3 Å². The van der Waals surface area contributed by atoms with Crippen LogP contribution in [0.5, 0.6) is 0 Å². The van der Waals surface area contributed by atoms with Crippen LogP contribution < -0.4 is 4.90 Å². The van der Waals surface area contributed by atoms with Gasteiger partial charge in [-0.25, -0.2) is 4.98 Å². The number of aromatic nitrogens is 1. The molecule has 0 aliphatic carbocycles. The molecule has 0 spiro atoms. The van der Waals surface area contributed by atoms with Gasteiger partial charge in [0.1, 0.15) is 5.82 Å². The second-order valence-corrected chi connectivity index (χ2v) is 5.13. The van der Waals surface area contributed by atoms with Crippen molar-refractivity contribution in [3.63, 3.8) is 0 Å². The third kappa shape index (κ3) is 3.60. The van der Waals surface area contributed by atoms with E-state index in [2.05, 4.69) is 22.0 Å². The molecule has 0 aromatic carbocycles. The fraction of sp³-hybridized carbons (Fsp3) is 0.643. The average Bonchev–Trinajstić information content (AvgIpc) is 2.27. The van der Waals surface area contributed by atoms with Crippen LogP contribution in [-0.2, 0) is 5.88 Å². The van der Waals surface area contributed by atoms with Crippen LogP contribution in [0.4, 0.5) is 5.82 Å². The van der Waals surface area contributed by atoms with Gasteiger partial charge in [-0.05, 0) is 37.5 Å². The maximum Gasteiger partial charge on any atom is 0.129 e. The molecule has 0 amide bonds. The first-order chi connectivity index (χ1) is 8.29. The van der Waals surface area contributed by atoms with Crippen LogP contribution in [0.2, 0.25) is 0 Å². The zero-order valence-electron chi connectivity index (χ0n) is 10.6. The lowest BCUT2D eigenvalue weighted by molar-refractivity contribution is 0.553. The van der Waals surface area contributed by atoms with Crippen LogP contribution >= 0.6 is 11.6 Å². The molecule has 94 valence electrons. The summed E-state index contributed by atoms with van der Waals surface area (Å²) in [4.78, 5) is 7.06. The molecule has 2 rings (SSSR count). The van der Waals surface area contributed by atoms with E-state index in [0.29, 0.717) is 5.88 Å². The molecular formula is C14H21ClN2. The van der Waals surface area contributed by atoms with Crippen molar-refractivity contribution in [3.05, 3.63) is 23.4 Å². The summed E-state index contributed by atoms with van der Waals surface area (Å²) in [6.45, 7) is 4.32. The lowest BCUT2D eigenvalue weighted by Crippen LogP contribution is -2.28. The maximum atomic E-state index is 5.92. The van der Waals surface area contributed by atoms with Gasteiger partial charge in [-0.2, -0.15) is 0 Å². The van der Waals surface area contributed by atoms with Gasteiger partial charge >= 0.3 is 0 Å². The lowest BCUT2D eigenvalue weighted by atomic mass is 10.1. The summed E-state index contributed by atoms with van der Waals surface area (Å²) in [5.74, 6) is 1.69. The molecule has 1 aliphatic heterocycles. The zero-order valence-corrected chi connectivity index (χ0v) is 11.3. The lowest BCUT2D eigenvalue weighted by Gasteiger charge is -2.26. The minimum absolute atomic E-state index is 0.574. The predicted molar refractivity (Wildman–Crippen MR) is 73.8 cm³/mol. The van der Waals surface area contributed by atoms with Crippen molar-refractivity contribution in [3.8, 4) is 0 Å². The Kier molecular flexibility index (Phi) is 4.66. The maximum absolute atomic E-state index is 5.92. The Morgan fingerprint density at radius 1 is 1.12 bits per heavy atom. The molecule has 17 heavy (non-hydrogen) atoms. The minimum Gasteiger partial charge on any atom is -0.357 e. The summed E-state index contributed by atoms with van der Waals surface area (Å²) in [6, 6.07) is 4.21. The third-order valence-electron chi connectivity index (χ3n) is 3.33.